The monoisotopic (exact) mass is 297 g/mol. The number of nitrogens with zero attached hydrogens (tertiary/aromatic N) is 4. The lowest BCUT2D eigenvalue weighted by molar-refractivity contribution is 0.0947. The zero-order valence-electron chi connectivity index (χ0n) is 12.3. The topological polar surface area (TPSA) is 93.8 Å². The maximum Gasteiger partial charge on any atom is 0.253 e. The van der Waals surface area contributed by atoms with Crippen molar-refractivity contribution in [2.24, 2.45) is 0 Å². The van der Waals surface area contributed by atoms with Crippen LogP contribution in [0, 0.1) is 0 Å². The van der Waals surface area contributed by atoms with Crippen molar-refractivity contribution in [1.29, 1.82) is 0 Å². The van der Waals surface area contributed by atoms with Crippen LogP contribution < -0.4 is 5.32 Å². The van der Waals surface area contributed by atoms with Gasteiger partial charge in [0.05, 0.1) is 17.6 Å². The third kappa shape index (κ3) is 2.78. The minimum Gasteiger partial charge on any atom is -0.343 e. The number of nitrogens with one attached hydrogen (secondary N) is 1. The molecule has 0 radical (unpaired) electrons. The van der Waals surface area contributed by atoms with Gasteiger partial charge in [-0.1, -0.05) is 31.1 Å². The average Bonchev–Trinajstić information content (AvgIpc) is 3.01. The Balaban J connectivity index is 1.76. The van der Waals surface area contributed by atoms with E-state index in [0.717, 1.165) is 5.39 Å². The van der Waals surface area contributed by atoms with Gasteiger partial charge in [0.25, 0.3) is 5.91 Å². The van der Waals surface area contributed by atoms with E-state index >= 15 is 0 Å². The minimum absolute atomic E-state index is 0.181. The van der Waals surface area contributed by atoms with E-state index in [0.29, 0.717) is 22.8 Å². The summed E-state index contributed by atoms with van der Waals surface area (Å²) in [5.41, 5.74) is 1.10. The number of carbonyl (C=O) groups is 1. The third-order valence-corrected chi connectivity index (χ3v) is 3.18. The van der Waals surface area contributed by atoms with Gasteiger partial charge < -0.3 is 9.84 Å². The summed E-state index contributed by atoms with van der Waals surface area (Å²) in [6.07, 6.45) is 3.10. The van der Waals surface area contributed by atoms with E-state index in [1.165, 1.54) is 6.33 Å². The van der Waals surface area contributed by atoms with Crippen molar-refractivity contribution in [1.82, 2.24) is 25.4 Å². The SMILES string of the molecule is CC(C)c1noc(CNC(=O)c2cccc3cncnc23)n1. The number of amides is 1. The molecule has 7 nitrogen and oxygen atoms in total. The number of hydrogen-bond acceptors (Lipinski definition) is 6. The summed E-state index contributed by atoms with van der Waals surface area (Å²) in [7, 11) is 0. The van der Waals surface area contributed by atoms with Crippen molar-refractivity contribution >= 4 is 16.8 Å². The first-order chi connectivity index (χ1) is 10.6. The highest BCUT2D eigenvalue weighted by atomic mass is 16.5. The molecule has 2 heterocycles. The van der Waals surface area contributed by atoms with E-state index < -0.39 is 0 Å². The molecule has 0 aliphatic heterocycles. The summed E-state index contributed by atoms with van der Waals surface area (Å²) >= 11 is 0. The van der Waals surface area contributed by atoms with Gasteiger partial charge in [0.2, 0.25) is 5.89 Å². The summed E-state index contributed by atoms with van der Waals surface area (Å²) in [5.74, 6) is 0.950. The second-order valence-electron chi connectivity index (χ2n) is 5.15. The lowest BCUT2D eigenvalue weighted by atomic mass is 10.1. The van der Waals surface area contributed by atoms with E-state index in [9.17, 15) is 4.79 Å². The summed E-state index contributed by atoms with van der Waals surface area (Å²) in [5, 5.41) is 7.44. The Kier molecular flexibility index (Phi) is 3.78. The molecule has 7 heteroatoms. The summed E-state index contributed by atoms with van der Waals surface area (Å²) in [6, 6.07) is 5.38. The molecule has 1 N–H and O–H groups in total. The van der Waals surface area contributed by atoms with Gasteiger partial charge in [0, 0.05) is 17.5 Å². The quantitative estimate of drug-likeness (QED) is 0.792. The Hall–Kier alpha value is -2.83. The van der Waals surface area contributed by atoms with Crippen molar-refractivity contribution in [3.05, 3.63) is 48.0 Å². The van der Waals surface area contributed by atoms with Crippen LogP contribution in [0.4, 0.5) is 0 Å². The van der Waals surface area contributed by atoms with E-state index in [1.807, 2.05) is 19.9 Å². The molecule has 112 valence electrons. The first-order valence-electron chi connectivity index (χ1n) is 6.94. The van der Waals surface area contributed by atoms with E-state index in [4.69, 9.17) is 4.52 Å². The van der Waals surface area contributed by atoms with Crippen molar-refractivity contribution in [2.75, 3.05) is 0 Å². The Morgan fingerprint density at radius 1 is 1.36 bits per heavy atom. The molecule has 3 rings (SSSR count). The van der Waals surface area contributed by atoms with Gasteiger partial charge in [-0.2, -0.15) is 4.98 Å². The molecule has 0 atom stereocenters. The lowest BCUT2D eigenvalue weighted by Gasteiger charge is -2.05. The van der Waals surface area contributed by atoms with Crippen molar-refractivity contribution in [3.8, 4) is 0 Å². The van der Waals surface area contributed by atoms with Gasteiger partial charge in [-0.3, -0.25) is 4.79 Å². The highest BCUT2D eigenvalue weighted by molar-refractivity contribution is 6.05. The maximum absolute atomic E-state index is 12.3. The van der Waals surface area contributed by atoms with E-state index in [1.54, 1.807) is 18.3 Å². The van der Waals surface area contributed by atoms with Gasteiger partial charge in [0.15, 0.2) is 5.82 Å². The van der Waals surface area contributed by atoms with Crippen LogP contribution in [0.2, 0.25) is 0 Å². The van der Waals surface area contributed by atoms with Crippen LogP contribution in [-0.4, -0.2) is 26.0 Å². The van der Waals surface area contributed by atoms with Crippen LogP contribution in [0.25, 0.3) is 10.9 Å². The van der Waals surface area contributed by atoms with E-state index in [-0.39, 0.29) is 18.4 Å². The Morgan fingerprint density at radius 2 is 2.23 bits per heavy atom. The minimum atomic E-state index is -0.242. The molecule has 0 unspecified atom stereocenters. The van der Waals surface area contributed by atoms with Gasteiger partial charge >= 0.3 is 0 Å². The number of hydrogen-bond donors (Lipinski definition) is 1. The molecular formula is C15H15N5O2. The number of rotatable bonds is 4. The molecule has 1 aromatic carbocycles. The zero-order valence-corrected chi connectivity index (χ0v) is 12.3. The molecule has 0 aliphatic rings. The van der Waals surface area contributed by atoms with Crippen LogP contribution in [0.5, 0.6) is 0 Å². The lowest BCUT2D eigenvalue weighted by Crippen LogP contribution is -2.23. The molecular weight excluding hydrogens is 282 g/mol. The number of fused-ring (bicyclic) bond motifs is 1. The molecule has 2 aromatic heterocycles. The van der Waals surface area contributed by atoms with Crippen LogP contribution in [-0.2, 0) is 6.54 Å². The Morgan fingerprint density at radius 3 is 3.00 bits per heavy atom. The molecule has 3 aromatic rings. The molecule has 0 aliphatic carbocycles. The molecule has 0 saturated heterocycles. The standard InChI is InChI=1S/C15H15N5O2/c1-9(2)14-19-12(22-20-14)7-17-15(21)11-5-3-4-10-6-16-8-18-13(10)11/h3-6,8-9H,7H2,1-2H3,(H,17,21). The molecule has 1 amide bonds. The first kappa shape index (κ1) is 14.1. The van der Waals surface area contributed by atoms with Gasteiger partial charge in [-0.25, -0.2) is 9.97 Å². The highest BCUT2D eigenvalue weighted by Gasteiger charge is 2.13. The van der Waals surface area contributed by atoms with Gasteiger partial charge in [-0.05, 0) is 6.07 Å². The second kappa shape index (κ2) is 5.88. The van der Waals surface area contributed by atoms with Crippen molar-refractivity contribution in [2.45, 2.75) is 26.3 Å². The highest BCUT2D eigenvalue weighted by Crippen LogP contribution is 2.15. The molecule has 0 spiro atoms. The van der Waals surface area contributed by atoms with Crippen LogP contribution >= 0.6 is 0 Å². The summed E-state index contributed by atoms with van der Waals surface area (Å²) in [6.45, 7) is 4.13. The fraction of sp³-hybridized carbons (Fsp3) is 0.267. The van der Waals surface area contributed by atoms with Crippen molar-refractivity contribution < 1.29 is 9.32 Å². The number of benzene rings is 1. The maximum atomic E-state index is 12.3. The Bertz CT molecular complexity index is 807. The average molecular weight is 297 g/mol. The predicted octanol–water partition coefficient (Wildman–Crippen LogP) is 2.07. The van der Waals surface area contributed by atoms with Crippen LogP contribution in [0.1, 0.15) is 41.8 Å². The second-order valence-corrected chi connectivity index (χ2v) is 5.15. The summed E-state index contributed by atoms with van der Waals surface area (Å²) in [4.78, 5) is 24.6. The van der Waals surface area contributed by atoms with Crippen LogP contribution in [0.3, 0.4) is 0 Å². The Labute approximate surface area is 126 Å². The largest absolute Gasteiger partial charge is 0.343 e. The fourth-order valence-corrected chi connectivity index (χ4v) is 2.02. The zero-order chi connectivity index (χ0) is 15.5. The number of carbonyl (C=O) groups excluding carboxylic acids is 1. The third-order valence-electron chi connectivity index (χ3n) is 3.18. The molecule has 0 fully saturated rings. The normalized spacial score (nSPS) is 11.0. The number of aromatic nitrogens is 4. The molecule has 0 saturated carbocycles. The first-order valence-corrected chi connectivity index (χ1v) is 6.94. The van der Waals surface area contributed by atoms with Gasteiger partial charge in [0.1, 0.15) is 6.33 Å². The molecule has 0 bridgehead atoms. The fourth-order valence-electron chi connectivity index (χ4n) is 2.02. The van der Waals surface area contributed by atoms with Crippen LogP contribution in [0.15, 0.2) is 35.2 Å². The smallest absolute Gasteiger partial charge is 0.253 e. The van der Waals surface area contributed by atoms with Gasteiger partial charge in [-0.15, -0.1) is 0 Å². The van der Waals surface area contributed by atoms with E-state index in [2.05, 4.69) is 25.4 Å². The number of para-hydroxylation sites is 1. The summed E-state index contributed by atoms with van der Waals surface area (Å²) < 4.78 is 5.10. The molecule has 22 heavy (non-hydrogen) atoms. The van der Waals surface area contributed by atoms with Crippen molar-refractivity contribution in [3.63, 3.8) is 0 Å². The predicted molar refractivity (Wildman–Crippen MR) is 79.1 cm³/mol.